The molecule has 0 bridgehead atoms. The average molecular weight is 207 g/mol. The topological polar surface area (TPSA) is 40.5 Å². The third-order valence-electron chi connectivity index (χ3n) is 2.44. The van der Waals surface area contributed by atoms with Gasteiger partial charge in [0.15, 0.2) is 0 Å². The van der Waals surface area contributed by atoms with Gasteiger partial charge in [-0.2, -0.15) is 0 Å². The lowest BCUT2D eigenvalue weighted by atomic mass is 10.0. The molecule has 1 rings (SSSR count). The minimum atomic E-state index is -0.738. The van der Waals surface area contributed by atoms with Crippen molar-refractivity contribution in [1.82, 2.24) is 4.90 Å². The maximum atomic E-state index is 10.5. The van der Waals surface area contributed by atoms with Gasteiger partial charge < -0.3 is 10.0 Å². The summed E-state index contributed by atoms with van der Waals surface area (Å²) in [7, 11) is 3.94. The number of carboxylic acid groups (broad SMARTS) is 1. The van der Waals surface area contributed by atoms with Crippen molar-refractivity contribution in [2.24, 2.45) is 0 Å². The first kappa shape index (κ1) is 11.7. The lowest BCUT2D eigenvalue weighted by Gasteiger charge is -2.24. The Hall–Kier alpha value is -1.35. The second-order valence-corrected chi connectivity index (χ2v) is 3.82. The summed E-state index contributed by atoms with van der Waals surface area (Å²) in [4.78, 5) is 12.6. The van der Waals surface area contributed by atoms with Crippen LogP contribution < -0.4 is 0 Å². The molecule has 0 heterocycles. The van der Waals surface area contributed by atoms with Gasteiger partial charge in [-0.05, 0) is 26.1 Å². The SMILES string of the molecule is CN(C)[C@H](CCC(=O)O)c1ccccc1. The molecule has 0 aliphatic heterocycles. The van der Waals surface area contributed by atoms with Gasteiger partial charge in [-0.15, -0.1) is 0 Å². The molecule has 0 spiro atoms. The van der Waals surface area contributed by atoms with E-state index in [0.717, 1.165) is 0 Å². The van der Waals surface area contributed by atoms with Crippen LogP contribution >= 0.6 is 0 Å². The largest absolute Gasteiger partial charge is 0.481 e. The highest BCUT2D eigenvalue weighted by Gasteiger charge is 2.14. The zero-order chi connectivity index (χ0) is 11.3. The van der Waals surface area contributed by atoms with Crippen LogP contribution in [-0.4, -0.2) is 30.1 Å². The van der Waals surface area contributed by atoms with Gasteiger partial charge in [0.2, 0.25) is 0 Å². The number of aliphatic carboxylic acids is 1. The number of hydrogen-bond acceptors (Lipinski definition) is 2. The molecule has 0 aromatic heterocycles. The van der Waals surface area contributed by atoms with Crippen molar-refractivity contribution >= 4 is 5.97 Å². The predicted molar refractivity (Wildman–Crippen MR) is 59.7 cm³/mol. The van der Waals surface area contributed by atoms with Gasteiger partial charge in [-0.25, -0.2) is 0 Å². The Balaban J connectivity index is 2.70. The van der Waals surface area contributed by atoms with E-state index in [4.69, 9.17) is 5.11 Å². The van der Waals surface area contributed by atoms with Crippen LogP contribution in [0.2, 0.25) is 0 Å². The predicted octanol–water partition coefficient (Wildman–Crippen LogP) is 2.15. The summed E-state index contributed by atoms with van der Waals surface area (Å²) in [5.74, 6) is -0.738. The van der Waals surface area contributed by atoms with Gasteiger partial charge in [0, 0.05) is 12.5 Å². The molecule has 1 N–H and O–H groups in total. The molecule has 3 heteroatoms. The molecular formula is C12H17NO2. The van der Waals surface area contributed by atoms with E-state index in [0.29, 0.717) is 6.42 Å². The molecule has 0 fully saturated rings. The van der Waals surface area contributed by atoms with Crippen molar-refractivity contribution in [3.63, 3.8) is 0 Å². The van der Waals surface area contributed by atoms with Crippen LogP contribution in [0.1, 0.15) is 24.4 Å². The fourth-order valence-corrected chi connectivity index (χ4v) is 1.66. The maximum absolute atomic E-state index is 10.5. The molecular weight excluding hydrogens is 190 g/mol. The first-order valence-corrected chi connectivity index (χ1v) is 5.04. The van der Waals surface area contributed by atoms with Gasteiger partial charge in [0.25, 0.3) is 0 Å². The van der Waals surface area contributed by atoms with E-state index >= 15 is 0 Å². The van der Waals surface area contributed by atoms with Crippen molar-refractivity contribution < 1.29 is 9.90 Å². The normalized spacial score (nSPS) is 12.7. The Bertz CT molecular complexity index is 309. The monoisotopic (exact) mass is 207 g/mol. The van der Waals surface area contributed by atoms with Crippen LogP contribution in [0.15, 0.2) is 30.3 Å². The molecule has 0 aliphatic carbocycles. The van der Waals surface area contributed by atoms with Crippen LogP contribution in [0.4, 0.5) is 0 Å². The van der Waals surface area contributed by atoms with Gasteiger partial charge in [0.1, 0.15) is 0 Å². The molecule has 3 nitrogen and oxygen atoms in total. The second kappa shape index (κ2) is 5.51. The Kier molecular flexibility index (Phi) is 4.31. The number of nitrogens with zero attached hydrogens (tertiary/aromatic N) is 1. The van der Waals surface area contributed by atoms with E-state index in [9.17, 15) is 4.79 Å². The van der Waals surface area contributed by atoms with E-state index < -0.39 is 5.97 Å². The van der Waals surface area contributed by atoms with Gasteiger partial charge in [-0.1, -0.05) is 30.3 Å². The first-order chi connectivity index (χ1) is 7.11. The smallest absolute Gasteiger partial charge is 0.303 e. The van der Waals surface area contributed by atoms with Crippen molar-refractivity contribution in [2.75, 3.05) is 14.1 Å². The van der Waals surface area contributed by atoms with Gasteiger partial charge in [0.05, 0.1) is 0 Å². The highest BCUT2D eigenvalue weighted by atomic mass is 16.4. The summed E-state index contributed by atoms with van der Waals surface area (Å²) in [6.45, 7) is 0. The van der Waals surface area contributed by atoms with Crippen LogP contribution in [0.5, 0.6) is 0 Å². The summed E-state index contributed by atoms with van der Waals surface area (Å²) >= 11 is 0. The third-order valence-corrected chi connectivity index (χ3v) is 2.44. The molecule has 0 radical (unpaired) electrons. The summed E-state index contributed by atoms with van der Waals surface area (Å²) < 4.78 is 0. The summed E-state index contributed by atoms with van der Waals surface area (Å²) in [5, 5.41) is 8.67. The van der Waals surface area contributed by atoms with Crippen LogP contribution in [0, 0.1) is 0 Å². The van der Waals surface area contributed by atoms with Crippen LogP contribution in [-0.2, 0) is 4.79 Å². The maximum Gasteiger partial charge on any atom is 0.303 e. The van der Waals surface area contributed by atoms with Crippen LogP contribution in [0.3, 0.4) is 0 Å². The second-order valence-electron chi connectivity index (χ2n) is 3.82. The molecule has 15 heavy (non-hydrogen) atoms. The summed E-state index contributed by atoms with van der Waals surface area (Å²) in [5.41, 5.74) is 1.17. The Morgan fingerprint density at radius 2 is 1.93 bits per heavy atom. The Morgan fingerprint density at radius 3 is 2.40 bits per heavy atom. The molecule has 0 amide bonds. The Labute approximate surface area is 90.3 Å². The molecule has 0 aliphatic rings. The number of carboxylic acids is 1. The molecule has 0 saturated carbocycles. The molecule has 1 atom stereocenters. The van der Waals surface area contributed by atoms with Gasteiger partial charge in [-0.3, -0.25) is 4.79 Å². The number of hydrogen-bond donors (Lipinski definition) is 1. The van der Waals surface area contributed by atoms with Crippen LogP contribution in [0.25, 0.3) is 0 Å². The van der Waals surface area contributed by atoms with E-state index in [1.807, 2.05) is 44.4 Å². The average Bonchev–Trinajstić information content (AvgIpc) is 2.18. The highest BCUT2D eigenvalue weighted by molar-refractivity contribution is 5.66. The lowest BCUT2D eigenvalue weighted by Crippen LogP contribution is -2.20. The highest BCUT2D eigenvalue weighted by Crippen LogP contribution is 2.22. The van der Waals surface area contributed by atoms with Crippen molar-refractivity contribution in [3.8, 4) is 0 Å². The molecule has 0 saturated heterocycles. The van der Waals surface area contributed by atoms with E-state index in [2.05, 4.69) is 4.90 Å². The fourth-order valence-electron chi connectivity index (χ4n) is 1.66. The number of carbonyl (C=O) groups is 1. The fraction of sp³-hybridized carbons (Fsp3) is 0.417. The first-order valence-electron chi connectivity index (χ1n) is 5.04. The van der Waals surface area contributed by atoms with Crippen molar-refractivity contribution in [2.45, 2.75) is 18.9 Å². The quantitative estimate of drug-likeness (QED) is 0.804. The van der Waals surface area contributed by atoms with E-state index in [-0.39, 0.29) is 12.5 Å². The minimum Gasteiger partial charge on any atom is -0.481 e. The summed E-state index contributed by atoms with van der Waals surface area (Å²) in [6, 6.07) is 10.2. The zero-order valence-corrected chi connectivity index (χ0v) is 9.18. The summed E-state index contributed by atoms with van der Waals surface area (Å²) in [6.07, 6.45) is 0.851. The number of benzene rings is 1. The molecule has 1 aromatic carbocycles. The zero-order valence-electron chi connectivity index (χ0n) is 9.18. The lowest BCUT2D eigenvalue weighted by molar-refractivity contribution is -0.137. The standard InChI is InChI=1S/C12H17NO2/c1-13(2)11(8-9-12(14)15)10-6-4-3-5-7-10/h3-7,11H,8-9H2,1-2H3,(H,14,15)/t11-/m1/s1. The molecule has 0 unspecified atom stereocenters. The third kappa shape index (κ3) is 3.72. The molecule has 82 valence electrons. The van der Waals surface area contributed by atoms with E-state index in [1.54, 1.807) is 0 Å². The van der Waals surface area contributed by atoms with Gasteiger partial charge >= 0.3 is 5.97 Å². The minimum absolute atomic E-state index is 0.183. The Morgan fingerprint density at radius 1 is 1.33 bits per heavy atom. The van der Waals surface area contributed by atoms with E-state index in [1.165, 1.54) is 5.56 Å². The molecule has 1 aromatic rings. The van der Waals surface area contributed by atoms with Crippen molar-refractivity contribution in [3.05, 3.63) is 35.9 Å². The number of rotatable bonds is 5. The van der Waals surface area contributed by atoms with Crippen molar-refractivity contribution in [1.29, 1.82) is 0 Å².